The lowest BCUT2D eigenvalue weighted by Crippen LogP contribution is -2.19. The van der Waals surface area contributed by atoms with E-state index in [4.69, 9.17) is 14.6 Å². The van der Waals surface area contributed by atoms with Gasteiger partial charge in [0, 0.05) is 6.42 Å². The van der Waals surface area contributed by atoms with Crippen molar-refractivity contribution in [3.05, 3.63) is 59.2 Å². The highest BCUT2D eigenvalue weighted by Crippen LogP contribution is 2.25. The van der Waals surface area contributed by atoms with Crippen molar-refractivity contribution in [1.29, 1.82) is 0 Å². The Morgan fingerprint density at radius 2 is 1.89 bits per heavy atom. The first-order chi connectivity index (χ1) is 13.1. The highest BCUT2D eigenvalue weighted by atomic mass is 16.5. The lowest BCUT2D eigenvalue weighted by atomic mass is 9.98. The molecule has 2 aromatic rings. The van der Waals surface area contributed by atoms with Gasteiger partial charge in [0.25, 0.3) is 0 Å². The number of carbonyl (C=O) groups is 1. The van der Waals surface area contributed by atoms with E-state index in [1.54, 1.807) is 0 Å². The summed E-state index contributed by atoms with van der Waals surface area (Å²) >= 11 is 0. The molecule has 0 aliphatic heterocycles. The molecule has 2 aromatic carbocycles. The number of carboxylic acid groups (broad SMARTS) is 1. The molecule has 0 heterocycles. The summed E-state index contributed by atoms with van der Waals surface area (Å²) in [5.74, 6) is 0.972. The molecule has 0 amide bonds. The standard InChI is InChI=1S/C23H28O4/c1-17-14-18(11-13-23(24)25)10-12-22(17)26-16-19-6-5-9-21(15-19)27-20-7-3-2-4-8-20/h5-6,9-10,12,14-15,20H,2-4,7-8,11,13,16H2,1H3,(H,24,25). The van der Waals surface area contributed by atoms with Crippen molar-refractivity contribution in [3.8, 4) is 11.5 Å². The molecule has 0 bridgehead atoms. The van der Waals surface area contributed by atoms with Crippen LogP contribution in [-0.4, -0.2) is 17.2 Å². The summed E-state index contributed by atoms with van der Waals surface area (Å²) in [4.78, 5) is 10.7. The average molecular weight is 368 g/mol. The first kappa shape index (κ1) is 19.3. The van der Waals surface area contributed by atoms with Crippen LogP contribution in [0, 0.1) is 6.92 Å². The Kier molecular flexibility index (Phi) is 6.74. The molecule has 1 saturated carbocycles. The average Bonchev–Trinajstić information content (AvgIpc) is 2.67. The van der Waals surface area contributed by atoms with E-state index in [0.29, 0.717) is 19.1 Å². The molecule has 144 valence electrons. The summed E-state index contributed by atoms with van der Waals surface area (Å²) in [5.41, 5.74) is 3.12. The normalized spacial score (nSPS) is 14.7. The summed E-state index contributed by atoms with van der Waals surface area (Å²) in [6.07, 6.45) is 7.16. The van der Waals surface area contributed by atoms with E-state index < -0.39 is 5.97 Å². The fourth-order valence-corrected chi connectivity index (χ4v) is 3.53. The van der Waals surface area contributed by atoms with Crippen LogP contribution in [-0.2, 0) is 17.8 Å². The Morgan fingerprint density at radius 3 is 2.63 bits per heavy atom. The fourth-order valence-electron chi connectivity index (χ4n) is 3.53. The number of hydrogen-bond donors (Lipinski definition) is 1. The van der Waals surface area contributed by atoms with Crippen LogP contribution >= 0.6 is 0 Å². The molecule has 1 aliphatic carbocycles. The Labute approximate surface area is 161 Å². The second kappa shape index (κ2) is 9.45. The fraction of sp³-hybridized carbons (Fsp3) is 0.435. The van der Waals surface area contributed by atoms with Crippen molar-refractivity contribution in [2.75, 3.05) is 0 Å². The van der Waals surface area contributed by atoms with Gasteiger partial charge in [-0.1, -0.05) is 30.7 Å². The third kappa shape index (κ3) is 6.02. The second-order valence-corrected chi connectivity index (χ2v) is 7.31. The highest BCUT2D eigenvalue weighted by Gasteiger charge is 2.15. The Balaban J connectivity index is 1.56. The van der Waals surface area contributed by atoms with Gasteiger partial charge in [-0.15, -0.1) is 0 Å². The van der Waals surface area contributed by atoms with Crippen LogP contribution in [0.4, 0.5) is 0 Å². The zero-order valence-electron chi connectivity index (χ0n) is 15.9. The van der Waals surface area contributed by atoms with Gasteiger partial charge in [0.15, 0.2) is 0 Å². The van der Waals surface area contributed by atoms with Crippen molar-refractivity contribution < 1.29 is 19.4 Å². The number of aliphatic carboxylic acids is 1. The van der Waals surface area contributed by atoms with Gasteiger partial charge in [-0.25, -0.2) is 0 Å². The van der Waals surface area contributed by atoms with Crippen molar-refractivity contribution in [3.63, 3.8) is 0 Å². The topological polar surface area (TPSA) is 55.8 Å². The van der Waals surface area contributed by atoms with Gasteiger partial charge in [-0.05, 0) is 73.9 Å². The molecular weight excluding hydrogens is 340 g/mol. The van der Waals surface area contributed by atoms with Gasteiger partial charge in [0.05, 0.1) is 6.10 Å². The van der Waals surface area contributed by atoms with Crippen molar-refractivity contribution in [2.24, 2.45) is 0 Å². The largest absolute Gasteiger partial charge is 0.490 e. The van der Waals surface area contributed by atoms with E-state index in [0.717, 1.165) is 41.0 Å². The maximum atomic E-state index is 10.7. The van der Waals surface area contributed by atoms with Gasteiger partial charge in [-0.2, -0.15) is 0 Å². The monoisotopic (exact) mass is 368 g/mol. The Bertz CT molecular complexity index is 763. The summed E-state index contributed by atoms with van der Waals surface area (Å²) < 4.78 is 12.1. The van der Waals surface area contributed by atoms with Gasteiger partial charge < -0.3 is 14.6 Å². The summed E-state index contributed by atoms with van der Waals surface area (Å²) in [5, 5.41) is 8.80. The van der Waals surface area contributed by atoms with Crippen LogP contribution in [0.15, 0.2) is 42.5 Å². The van der Waals surface area contributed by atoms with Crippen LogP contribution in [0.25, 0.3) is 0 Å². The number of benzene rings is 2. The van der Waals surface area contributed by atoms with Gasteiger partial charge in [0.1, 0.15) is 18.1 Å². The van der Waals surface area contributed by atoms with Crippen molar-refractivity contribution >= 4 is 5.97 Å². The summed E-state index contributed by atoms with van der Waals surface area (Å²) in [6, 6.07) is 14.0. The molecule has 0 unspecified atom stereocenters. The molecule has 0 radical (unpaired) electrons. The predicted octanol–water partition coefficient (Wildman–Crippen LogP) is 5.30. The number of aryl methyl sites for hydroxylation is 2. The quantitative estimate of drug-likeness (QED) is 0.687. The molecule has 0 saturated heterocycles. The first-order valence-corrected chi connectivity index (χ1v) is 9.80. The minimum absolute atomic E-state index is 0.146. The van der Waals surface area contributed by atoms with E-state index in [2.05, 4.69) is 6.07 Å². The third-order valence-corrected chi connectivity index (χ3v) is 5.01. The van der Waals surface area contributed by atoms with E-state index in [9.17, 15) is 4.79 Å². The molecule has 27 heavy (non-hydrogen) atoms. The molecule has 0 spiro atoms. The van der Waals surface area contributed by atoms with Crippen LogP contribution in [0.2, 0.25) is 0 Å². The number of hydrogen-bond acceptors (Lipinski definition) is 3. The lowest BCUT2D eigenvalue weighted by Gasteiger charge is -2.23. The predicted molar refractivity (Wildman–Crippen MR) is 105 cm³/mol. The first-order valence-electron chi connectivity index (χ1n) is 9.80. The number of carboxylic acids is 1. The maximum absolute atomic E-state index is 10.7. The third-order valence-electron chi connectivity index (χ3n) is 5.01. The zero-order chi connectivity index (χ0) is 19.1. The zero-order valence-corrected chi connectivity index (χ0v) is 15.9. The summed E-state index contributed by atoms with van der Waals surface area (Å²) in [7, 11) is 0. The van der Waals surface area contributed by atoms with Crippen LogP contribution in [0.1, 0.15) is 55.2 Å². The minimum atomic E-state index is -0.775. The second-order valence-electron chi connectivity index (χ2n) is 7.31. The van der Waals surface area contributed by atoms with Crippen molar-refractivity contribution in [2.45, 2.75) is 64.6 Å². The molecule has 1 N–H and O–H groups in total. The molecule has 0 aromatic heterocycles. The van der Waals surface area contributed by atoms with E-state index in [1.807, 2.05) is 43.3 Å². The minimum Gasteiger partial charge on any atom is -0.490 e. The molecule has 4 heteroatoms. The Morgan fingerprint density at radius 1 is 1.07 bits per heavy atom. The molecule has 1 aliphatic rings. The van der Waals surface area contributed by atoms with Crippen LogP contribution in [0.5, 0.6) is 11.5 Å². The van der Waals surface area contributed by atoms with Crippen LogP contribution < -0.4 is 9.47 Å². The molecule has 1 fully saturated rings. The molecular formula is C23H28O4. The highest BCUT2D eigenvalue weighted by molar-refractivity contribution is 5.67. The Hall–Kier alpha value is -2.49. The summed E-state index contributed by atoms with van der Waals surface area (Å²) in [6.45, 7) is 2.47. The van der Waals surface area contributed by atoms with Gasteiger partial charge in [0.2, 0.25) is 0 Å². The van der Waals surface area contributed by atoms with Gasteiger partial charge in [-0.3, -0.25) is 4.79 Å². The van der Waals surface area contributed by atoms with Crippen LogP contribution in [0.3, 0.4) is 0 Å². The number of rotatable bonds is 8. The SMILES string of the molecule is Cc1cc(CCC(=O)O)ccc1OCc1cccc(OC2CCCCC2)c1. The van der Waals surface area contributed by atoms with Crippen molar-refractivity contribution in [1.82, 2.24) is 0 Å². The maximum Gasteiger partial charge on any atom is 0.303 e. The molecule has 3 rings (SSSR count). The molecule has 0 atom stereocenters. The molecule has 4 nitrogen and oxygen atoms in total. The van der Waals surface area contributed by atoms with E-state index in [1.165, 1.54) is 19.3 Å². The smallest absolute Gasteiger partial charge is 0.303 e. The van der Waals surface area contributed by atoms with E-state index >= 15 is 0 Å². The van der Waals surface area contributed by atoms with E-state index in [-0.39, 0.29) is 6.42 Å². The van der Waals surface area contributed by atoms with Gasteiger partial charge >= 0.3 is 5.97 Å². The lowest BCUT2D eigenvalue weighted by molar-refractivity contribution is -0.136. The number of ether oxygens (including phenoxy) is 2.